The van der Waals surface area contributed by atoms with Crippen LogP contribution >= 0.6 is 0 Å². The van der Waals surface area contributed by atoms with Gasteiger partial charge in [-0.05, 0) is 24.8 Å². The summed E-state index contributed by atoms with van der Waals surface area (Å²) in [5, 5.41) is 10.1. The molecule has 1 fully saturated rings. The summed E-state index contributed by atoms with van der Waals surface area (Å²) in [6.45, 7) is 1.01. The number of nitrogens with zero attached hydrogens (tertiary/aromatic N) is 4. The van der Waals surface area contributed by atoms with Crippen LogP contribution in [-0.4, -0.2) is 63.7 Å². The van der Waals surface area contributed by atoms with Crippen molar-refractivity contribution in [3.8, 4) is 0 Å². The molecule has 2 aromatic rings. The zero-order valence-electron chi connectivity index (χ0n) is 13.6. The summed E-state index contributed by atoms with van der Waals surface area (Å²) in [6.07, 6.45) is 7.65. The highest BCUT2D eigenvalue weighted by molar-refractivity contribution is 5.87. The van der Waals surface area contributed by atoms with Crippen LogP contribution in [0.1, 0.15) is 12.8 Å². The van der Waals surface area contributed by atoms with E-state index in [4.69, 9.17) is 5.11 Å². The Hall–Kier alpha value is -2.41. The lowest BCUT2D eigenvalue weighted by Gasteiger charge is -2.32. The molecule has 2 N–H and O–H groups in total. The molecule has 4 rings (SSSR count). The molecule has 7 heteroatoms. The maximum Gasteiger partial charge on any atom is 0.248 e. The van der Waals surface area contributed by atoms with Crippen molar-refractivity contribution in [3.63, 3.8) is 0 Å². The minimum atomic E-state index is -0.401. The predicted octanol–water partition coefficient (Wildman–Crippen LogP) is 0.934. The highest BCUT2D eigenvalue weighted by atomic mass is 16.3. The number of aliphatic hydroxyl groups excluding tert-OH is 1. The highest BCUT2D eigenvalue weighted by Crippen LogP contribution is 2.36. The Morgan fingerprint density at radius 3 is 3.21 bits per heavy atom. The molecule has 3 heterocycles. The highest BCUT2D eigenvalue weighted by Gasteiger charge is 2.35. The van der Waals surface area contributed by atoms with Gasteiger partial charge in [0.15, 0.2) is 0 Å². The summed E-state index contributed by atoms with van der Waals surface area (Å²) in [6, 6.07) is 2.26. The number of aromatic amines is 1. The van der Waals surface area contributed by atoms with E-state index in [-0.39, 0.29) is 11.9 Å². The molecule has 0 radical (unpaired) electrons. The maximum absolute atomic E-state index is 11.7. The summed E-state index contributed by atoms with van der Waals surface area (Å²) in [4.78, 5) is 27.5. The molecule has 1 aliphatic carbocycles. The van der Waals surface area contributed by atoms with Crippen molar-refractivity contribution in [1.82, 2.24) is 19.9 Å². The Balaban J connectivity index is 1.54. The van der Waals surface area contributed by atoms with Crippen molar-refractivity contribution >= 4 is 22.8 Å². The Kier molecular flexibility index (Phi) is 3.72. The van der Waals surface area contributed by atoms with Gasteiger partial charge in [-0.1, -0.05) is 11.6 Å². The summed E-state index contributed by atoms with van der Waals surface area (Å²) in [5.74, 6) is 1.13. The number of hydrogen-bond donors (Lipinski definition) is 2. The number of likely N-dealkylation sites (N-methyl/N-ethyl adjacent to an activating group) is 1. The summed E-state index contributed by atoms with van der Waals surface area (Å²) in [5.41, 5.74) is 2.27. The predicted molar refractivity (Wildman–Crippen MR) is 90.6 cm³/mol. The van der Waals surface area contributed by atoms with Crippen LogP contribution in [-0.2, 0) is 4.79 Å². The van der Waals surface area contributed by atoms with Gasteiger partial charge in [0.05, 0.1) is 5.39 Å². The SMILES string of the molecule is CN(c1ncnc2[nH]ccc12)C1C=C2CCN(C(=O)CO)CC2C1. The van der Waals surface area contributed by atoms with E-state index >= 15 is 0 Å². The molecule has 0 aromatic carbocycles. The van der Waals surface area contributed by atoms with Crippen LogP contribution in [0.3, 0.4) is 0 Å². The first-order valence-corrected chi connectivity index (χ1v) is 8.27. The third-order valence-electron chi connectivity index (χ3n) is 5.22. The Morgan fingerprint density at radius 1 is 1.50 bits per heavy atom. The van der Waals surface area contributed by atoms with Gasteiger partial charge in [0.25, 0.3) is 0 Å². The van der Waals surface area contributed by atoms with Crippen molar-refractivity contribution in [1.29, 1.82) is 0 Å². The number of carbonyl (C=O) groups excluding carboxylic acids is 1. The fraction of sp³-hybridized carbons (Fsp3) is 0.471. The zero-order chi connectivity index (χ0) is 16.7. The molecule has 2 atom stereocenters. The number of anilines is 1. The summed E-state index contributed by atoms with van der Waals surface area (Å²) < 4.78 is 0. The first kappa shape index (κ1) is 15.1. The van der Waals surface area contributed by atoms with Crippen molar-refractivity contribution < 1.29 is 9.90 Å². The van der Waals surface area contributed by atoms with Crippen LogP contribution in [0.2, 0.25) is 0 Å². The number of piperidine rings is 1. The minimum Gasteiger partial charge on any atom is -0.387 e. The van der Waals surface area contributed by atoms with Crippen molar-refractivity contribution in [2.75, 3.05) is 31.6 Å². The largest absolute Gasteiger partial charge is 0.387 e. The van der Waals surface area contributed by atoms with E-state index in [2.05, 4.69) is 33.0 Å². The molecule has 2 aliphatic rings. The van der Waals surface area contributed by atoms with Gasteiger partial charge in [-0.25, -0.2) is 9.97 Å². The van der Waals surface area contributed by atoms with E-state index in [1.807, 2.05) is 12.3 Å². The number of aromatic nitrogens is 3. The fourth-order valence-electron chi connectivity index (χ4n) is 3.89. The van der Waals surface area contributed by atoms with Crippen LogP contribution in [0.5, 0.6) is 0 Å². The number of aliphatic hydroxyl groups is 1. The monoisotopic (exact) mass is 327 g/mol. The Labute approximate surface area is 140 Å². The molecule has 1 aliphatic heterocycles. The second-order valence-electron chi connectivity index (χ2n) is 6.54. The molecule has 0 saturated carbocycles. The van der Waals surface area contributed by atoms with Crippen molar-refractivity contribution in [2.45, 2.75) is 18.9 Å². The number of H-pyrrole nitrogens is 1. The molecule has 2 unspecified atom stereocenters. The maximum atomic E-state index is 11.7. The second-order valence-corrected chi connectivity index (χ2v) is 6.54. The van der Waals surface area contributed by atoms with Crippen LogP contribution < -0.4 is 4.90 Å². The lowest BCUT2D eigenvalue weighted by molar-refractivity contribution is -0.135. The average Bonchev–Trinajstić information content (AvgIpc) is 3.25. The van der Waals surface area contributed by atoms with Gasteiger partial charge in [0.2, 0.25) is 5.91 Å². The number of nitrogens with one attached hydrogen (secondary N) is 1. The van der Waals surface area contributed by atoms with Crippen LogP contribution in [0, 0.1) is 5.92 Å². The topological polar surface area (TPSA) is 85.4 Å². The number of fused-ring (bicyclic) bond motifs is 2. The number of likely N-dealkylation sites (tertiary alicyclic amines) is 1. The first-order valence-electron chi connectivity index (χ1n) is 8.27. The molecule has 7 nitrogen and oxygen atoms in total. The van der Waals surface area contributed by atoms with Crippen molar-refractivity contribution in [2.24, 2.45) is 5.92 Å². The molecule has 0 bridgehead atoms. The molecule has 24 heavy (non-hydrogen) atoms. The van der Waals surface area contributed by atoms with Crippen LogP contribution in [0.25, 0.3) is 11.0 Å². The smallest absolute Gasteiger partial charge is 0.248 e. The molecule has 2 aromatic heterocycles. The number of amides is 1. The van der Waals surface area contributed by atoms with Crippen LogP contribution in [0.4, 0.5) is 5.82 Å². The Bertz CT molecular complexity index is 799. The summed E-state index contributed by atoms with van der Waals surface area (Å²) >= 11 is 0. The second kappa shape index (κ2) is 5.90. The van der Waals surface area contributed by atoms with Crippen molar-refractivity contribution in [3.05, 3.63) is 30.2 Å². The van der Waals surface area contributed by atoms with Crippen LogP contribution in [0.15, 0.2) is 30.2 Å². The Morgan fingerprint density at radius 2 is 2.38 bits per heavy atom. The molecule has 1 amide bonds. The minimum absolute atomic E-state index is 0.171. The van der Waals surface area contributed by atoms with E-state index in [9.17, 15) is 4.79 Å². The van der Waals surface area contributed by atoms with E-state index in [0.29, 0.717) is 19.0 Å². The molecule has 126 valence electrons. The van der Waals surface area contributed by atoms with E-state index in [0.717, 1.165) is 29.7 Å². The standard InChI is InChI=1S/C17H21N5O2/c1-21(17-14-2-4-18-16(14)19-10-20-17)13-6-11-3-5-22(15(24)9-23)8-12(11)7-13/h2,4,6,10,12-13,23H,3,5,7-9H2,1H3,(H,18,19,20). The lowest BCUT2D eigenvalue weighted by atomic mass is 9.94. The van der Waals surface area contributed by atoms with Gasteiger partial charge in [0.1, 0.15) is 24.4 Å². The van der Waals surface area contributed by atoms with Gasteiger partial charge in [-0.3, -0.25) is 4.79 Å². The quantitative estimate of drug-likeness (QED) is 0.819. The fourth-order valence-corrected chi connectivity index (χ4v) is 3.89. The third kappa shape index (κ3) is 2.45. The molecular formula is C17H21N5O2. The number of carbonyl (C=O) groups is 1. The third-order valence-corrected chi connectivity index (χ3v) is 5.22. The van der Waals surface area contributed by atoms with Gasteiger partial charge in [-0.15, -0.1) is 0 Å². The normalized spacial score (nSPS) is 23.2. The van der Waals surface area contributed by atoms with E-state index in [1.54, 1.807) is 11.2 Å². The zero-order valence-corrected chi connectivity index (χ0v) is 13.6. The summed E-state index contributed by atoms with van der Waals surface area (Å²) in [7, 11) is 2.06. The van der Waals surface area contributed by atoms with Gasteiger partial charge < -0.3 is 19.9 Å². The molecular weight excluding hydrogens is 306 g/mol. The van der Waals surface area contributed by atoms with E-state index in [1.165, 1.54) is 5.57 Å². The molecule has 1 saturated heterocycles. The van der Waals surface area contributed by atoms with E-state index < -0.39 is 6.61 Å². The lowest BCUT2D eigenvalue weighted by Crippen LogP contribution is -2.42. The van der Waals surface area contributed by atoms with Gasteiger partial charge in [-0.2, -0.15) is 0 Å². The first-order chi connectivity index (χ1) is 11.7. The average molecular weight is 327 g/mol. The number of hydrogen-bond acceptors (Lipinski definition) is 5. The number of rotatable bonds is 3. The van der Waals surface area contributed by atoms with Gasteiger partial charge >= 0.3 is 0 Å². The molecule has 0 spiro atoms. The van der Waals surface area contributed by atoms with Gasteiger partial charge in [0, 0.05) is 32.4 Å².